The summed E-state index contributed by atoms with van der Waals surface area (Å²) in [5.41, 5.74) is 15.0. The SMILES string of the molecule is CCCCc1ccc2c(c1)c1cc3c(cc1n2-c1ccccc1)c1cc(CCCC)ccc1n3-c1nc(-c2ccccc2)nc(-c2ccc(-c3cccc(-c4ccccc4)c3)cc2)n1. The zero-order valence-electron chi connectivity index (χ0n) is 36.4. The zero-order valence-corrected chi connectivity index (χ0v) is 36.4. The summed E-state index contributed by atoms with van der Waals surface area (Å²) >= 11 is 0. The van der Waals surface area contributed by atoms with Crippen LogP contribution in [0.15, 0.2) is 188 Å². The molecule has 5 heteroatoms. The topological polar surface area (TPSA) is 48.5 Å². The molecule has 0 aliphatic rings. The van der Waals surface area contributed by atoms with Crippen molar-refractivity contribution in [3.05, 3.63) is 199 Å². The molecule has 8 aromatic carbocycles. The summed E-state index contributed by atoms with van der Waals surface area (Å²) in [5.74, 6) is 1.86. The van der Waals surface area contributed by atoms with Crippen molar-refractivity contribution >= 4 is 43.6 Å². The van der Waals surface area contributed by atoms with Crippen LogP contribution in [-0.4, -0.2) is 24.1 Å². The summed E-state index contributed by atoms with van der Waals surface area (Å²) in [6.45, 7) is 4.52. The second-order valence-electron chi connectivity index (χ2n) is 17.0. The summed E-state index contributed by atoms with van der Waals surface area (Å²) < 4.78 is 4.72. The number of para-hydroxylation sites is 1. The molecule has 310 valence electrons. The van der Waals surface area contributed by atoms with Gasteiger partial charge in [0.15, 0.2) is 11.6 Å². The van der Waals surface area contributed by atoms with E-state index in [1.807, 2.05) is 18.2 Å². The predicted octanol–water partition coefficient (Wildman–Crippen LogP) is 15.4. The summed E-state index contributed by atoms with van der Waals surface area (Å²) in [6.07, 6.45) is 6.71. The van der Waals surface area contributed by atoms with Gasteiger partial charge in [0.25, 0.3) is 0 Å². The van der Waals surface area contributed by atoms with Crippen molar-refractivity contribution in [3.8, 4) is 56.7 Å². The Balaban J connectivity index is 1.13. The molecule has 0 radical (unpaired) electrons. The molecule has 3 aromatic heterocycles. The molecule has 0 bridgehead atoms. The maximum atomic E-state index is 5.38. The van der Waals surface area contributed by atoms with E-state index >= 15 is 0 Å². The van der Waals surface area contributed by atoms with Gasteiger partial charge in [-0.15, -0.1) is 0 Å². The third-order valence-corrected chi connectivity index (χ3v) is 12.7. The zero-order chi connectivity index (χ0) is 43.0. The van der Waals surface area contributed by atoms with E-state index in [0.717, 1.165) is 77.5 Å². The quantitative estimate of drug-likeness (QED) is 0.123. The van der Waals surface area contributed by atoms with Gasteiger partial charge in [0.2, 0.25) is 5.95 Å². The van der Waals surface area contributed by atoms with Crippen molar-refractivity contribution in [2.24, 2.45) is 0 Å². The van der Waals surface area contributed by atoms with Gasteiger partial charge in [-0.25, -0.2) is 4.98 Å². The first-order valence-corrected chi connectivity index (χ1v) is 22.8. The highest BCUT2D eigenvalue weighted by molar-refractivity contribution is 6.19. The molecular weight excluding hydrogens is 779 g/mol. The van der Waals surface area contributed by atoms with E-state index in [4.69, 9.17) is 15.0 Å². The Kier molecular flexibility index (Phi) is 10.4. The van der Waals surface area contributed by atoms with Crippen LogP contribution in [0.1, 0.15) is 50.7 Å². The van der Waals surface area contributed by atoms with E-state index < -0.39 is 0 Å². The van der Waals surface area contributed by atoms with Crippen LogP contribution in [0.5, 0.6) is 0 Å². The number of aromatic nitrogens is 5. The highest BCUT2D eigenvalue weighted by atomic mass is 15.2. The minimum absolute atomic E-state index is 0.597. The molecule has 0 spiro atoms. The van der Waals surface area contributed by atoms with Crippen LogP contribution in [0.3, 0.4) is 0 Å². The monoisotopic (exact) mass is 827 g/mol. The fourth-order valence-electron chi connectivity index (χ4n) is 9.40. The number of aryl methyl sites for hydroxylation is 2. The minimum atomic E-state index is 0.597. The van der Waals surface area contributed by atoms with E-state index in [1.165, 1.54) is 54.8 Å². The Morgan fingerprint density at radius 2 is 0.781 bits per heavy atom. The van der Waals surface area contributed by atoms with Crippen LogP contribution in [-0.2, 0) is 12.8 Å². The third-order valence-electron chi connectivity index (χ3n) is 12.7. The van der Waals surface area contributed by atoms with Crippen molar-refractivity contribution in [1.29, 1.82) is 0 Å². The van der Waals surface area contributed by atoms with E-state index in [1.54, 1.807) is 0 Å². The van der Waals surface area contributed by atoms with Crippen molar-refractivity contribution in [2.45, 2.75) is 52.4 Å². The number of nitrogens with zero attached hydrogens (tertiary/aromatic N) is 5. The number of hydrogen-bond donors (Lipinski definition) is 0. The third kappa shape index (κ3) is 7.23. The minimum Gasteiger partial charge on any atom is -0.309 e. The van der Waals surface area contributed by atoms with Gasteiger partial charge >= 0.3 is 0 Å². The number of unbranched alkanes of at least 4 members (excludes halogenated alkanes) is 2. The lowest BCUT2D eigenvalue weighted by atomic mass is 9.98. The van der Waals surface area contributed by atoms with E-state index in [0.29, 0.717) is 17.6 Å². The molecule has 11 rings (SSSR count). The van der Waals surface area contributed by atoms with Gasteiger partial charge in [-0.05, 0) is 114 Å². The van der Waals surface area contributed by atoms with E-state index in [9.17, 15) is 0 Å². The number of hydrogen-bond acceptors (Lipinski definition) is 3. The van der Waals surface area contributed by atoms with Gasteiger partial charge in [0.05, 0.1) is 22.1 Å². The first-order chi connectivity index (χ1) is 31.6. The molecule has 0 atom stereocenters. The van der Waals surface area contributed by atoms with Gasteiger partial charge < -0.3 is 4.57 Å². The average molecular weight is 828 g/mol. The Morgan fingerprint density at radius 3 is 1.34 bits per heavy atom. The maximum absolute atomic E-state index is 5.38. The molecule has 0 amide bonds. The lowest BCUT2D eigenvalue weighted by Gasteiger charge is -2.12. The molecule has 0 unspecified atom stereocenters. The molecular formula is C59H49N5. The van der Waals surface area contributed by atoms with Crippen molar-refractivity contribution in [1.82, 2.24) is 24.1 Å². The van der Waals surface area contributed by atoms with Crippen LogP contribution < -0.4 is 0 Å². The molecule has 0 aliphatic heterocycles. The van der Waals surface area contributed by atoms with Gasteiger partial charge in [-0.1, -0.05) is 160 Å². The Labute approximate surface area is 374 Å². The van der Waals surface area contributed by atoms with Gasteiger partial charge in [0.1, 0.15) is 0 Å². The van der Waals surface area contributed by atoms with E-state index in [-0.39, 0.29) is 0 Å². The van der Waals surface area contributed by atoms with Crippen LogP contribution >= 0.6 is 0 Å². The first-order valence-electron chi connectivity index (χ1n) is 22.8. The standard InChI is InChI=1S/C59H49N5/c1-3-5-17-40-27-33-53-49(35-40)51-39-56-52(38-55(51)63(53)48-25-14-9-15-26-48)50-36-41(18-6-4-2)28-34-54(50)64(56)59-61-57(44-21-12-8-13-22-44)60-58(62-59)45-31-29-43(30-32-45)47-24-16-23-46(37-47)42-19-10-7-11-20-42/h7-16,19-39H,3-6,17-18H2,1-2H3. The molecule has 5 nitrogen and oxygen atoms in total. The molecule has 64 heavy (non-hydrogen) atoms. The first kappa shape index (κ1) is 39.2. The summed E-state index contributed by atoms with van der Waals surface area (Å²) in [5, 5.41) is 4.84. The Hall–Kier alpha value is -7.63. The number of benzene rings is 8. The normalized spacial score (nSPS) is 11.7. The van der Waals surface area contributed by atoms with Gasteiger partial charge in [0, 0.05) is 38.4 Å². The molecule has 11 aromatic rings. The van der Waals surface area contributed by atoms with E-state index in [2.05, 4.69) is 193 Å². The molecule has 0 saturated heterocycles. The highest BCUT2D eigenvalue weighted by Gasteiger charge is 2.22. The molecule has 0 aliphatic carbocycles. The molecule has 3 heterocycles. The summed E-state index contributed by atoms with van der Waals surface area (Å²) in [7, 11) is 0. The van der Waals surface area contributed by atoms with Crippen LogP contribution in [0.25, 0.3) is 100 Å². The van der Waals surface area contributed by atoms with Gasteiger partial charge in [-0.2, -0.15) is 9.97 Å². The fraction of sp³-hybridized carbons (Fsp3) is 0.136. The van der Waals surface area contributed by atoms with Crippen LogP contribution in [0, 0.1) is 0 Å². The van der Waals surface area contributed by atoms with Crippen molar-refractivity contribution in [2.75, 3.05) is 0 Å². The van der Waals surface area contributed by atoms with Gasteiger partial charge in [-0.3, -0.25) is 4.57 Å². The van der Waals surface area contributed by atoms with Crippen molar-refractivity contribution < 1.29 is 0 Å². The van der Waals surface area contributed by atoms with Crippen molar-refractivity contribution in [3.63, 3.8) is 0 Å². The largest absolute Gasteiger partial charge is 0.309 e. The molecule has 0 saturated carbocycles. The van der Waals surface area contributed by atoms with Crippen LogP contribution in [0.4, 0.5) is 0 Å². The second kappa shape index (κ2) is 16.9. The lowest BCUT2D eigenvalue weighted by Crippen LogP contribution is -2.06. The lowest BCUT2D eigenvalue weighted by molar-refractivity contribution is 0.796. The second-order valence-corrected chi connectivity index (χ2v) is 17.0. The number of rotatable bonds is 12. The summed E-state index contributed by atoms with van der Waals surface area (Å²) in [4.78, 5) is 15.9. The maximum Gasteiger partial charge on any atom is 0.238 e. The van der Waals surface area contributed by atoms with Crippen LogP contribution in [0.2, 0.25) is 0 Å². The Bertz CT molecular complexity index is 3440. The predicted molar refractivity (Wildman–Crippen MR) is 267 cm³/mol. The molecule has 0 fully saturated rings. The highest BCUT2D eigenvalue weighted by Crippen LogP contribution is 2.41. The molecule has 0 N–H and O–H groups in total. The Morgan fingerprint density at radius 1 is 0.344 bits per heavy atom. The summed E-state index contributed by atoms with van der Waals surface area (Å²) in [6, 6.07) is 67.8. The average Bonchev–Trinajstić information content (AvgIpc) is 3.86. The number of fused-ring (bicyclic) bond motifs is 6. The smallest absolute Gasteiger partial charge is 0.238 e. The fourth-order valence-corrected chi connectivity index (χ4v) is 9.40.